The topological polar surface area (TPSA) is 69.6 Å². The van der Waals surface area contributed by atoms with Crippen molar-refractivity contribution in [2.75, 3.05) is 31.1 Å². The molecule has 4 rings (SSSR count). The predicted octanol–water partition coefficient (Wildman–Crippen LogP) is 3.04. The van der Waals surface area contributed by atoms with Gasteiger partial charge < -0.3 is 14.9 Å². The third kappa shape index (κ3) is 4.11. The zero-order valence-electron chi connectivity index (χ0n) is 16.5. The van der Waals surface area contributed by atoms with Crippen LogP contribution in [0.15, 0.2) is 30.3 Å². The molecule has 1 aromatic carbocycles. The van der Waals surface area contributed by atoms with Gasteiger partial charge in [-0.2, -0.15) is 0 Å². The fraction of sp³-hybridized carbons (Fsp3) is 0.500. The van der Waals surface area contributed by atoms with Gasteiger partial charge in [0.1, 0.15) is 17.4 Å². The summed E-state index contributed by atoms with van der Waals surface area (Å²) < 4.78 is 0. The summed E-state index contributed by atoms with van der Waals surface area (Å²) in [5, 5.41) is 9.96. The van der Waals surface area contributed by atoms with E-state index in [2.05, 4.69) is 16.0 Å². The normalized spacial score (nSPS) is 19.8. The number of aromatic hydroxyl groups is 1. The van der Waals surface area contributed by atoms with Crippen LogP contribution in [-0.2, 0) is 11.2 Å². The molecule has 1 amide bonds. The van der Waals surface area contributed by atoms with Crippen LogP contribution in [0.4, 0.5) is 5.82 Å². The molecule has 2 fully saturated rings. The lowest BCUT2D eigenvalue weighted by atomic mass is 9.93. The third-order valence-corrected chi connectivity index (χ3v) is 5.80. The van der Waals surface area contributed by atoms with E-state index in [9.17, 15) is 9.90 Å². The van der Waals surface area contributed by atoms with Gasteiger partial charge in [-0.05, 0) is 38.7 Å². The van der Waals surface area contributed by atoms with E-state index in [1.807, 2.05) is 24.0 Å². The highest BCUT2D eigenvalue weighted by Crippen LogP contribution is 2.29. The molecule has 6 heteroatoms. The molecule has 3 heterocycles. The first kappa shape index (κ1) is 18.7. The average Bonchev–Trinajstić information content (AvgIpc) is 3.24. The van der Waals surface area contributed by atoms with Crippen molar-refractivity contribution in [2.24, 2.45) is 0 Å². The zero-order valence-corrected chi connectivity index (χ0v) is 16.5. The number of nitrogens with zero attached hydrogens (tertiary/aromatic N) is 4. The Labute approximate surface area is 166 Å². The fourth-order valence-corrected chi connectivity index (χ4v) is 4.27. The third-order valence-electron chi connectivity index (χ3n) is 5.80. The Morgan fingerprint density at radius 2 is 1.93 bits per heavy atom. The van der Waals surface area contributed by atoms with Gasteiger partial charge in [-0.1, -0.05) is 18.2 Å². The number of carbonyl (C=O) groups is 1. The van der Waals surface area contributed by atoms with E-state index in [1.54, 1.807) is 12.1 Å². The molecule has 1 aromatic heterocycles. The van der Waals surface area contributed by atoms with Crippen LogP contribution in [-0.4, -0.2) is 52.1 Å². The van der Waals surface area contributed by atoms with Gasteiger partial charge in [-0.3, -0.25) is 4.79 Å². The molecule has 0 aliphatic carbocycles. The number of aryl methyl sites for hydroxylation is 1. The number of piperidine rings is 1. The molecule has 28 heavy (non-hydrogen) atoms. The molecule has 1 N–H and O–H groups in total. The number of aromatic nitrogens is 2. The molecule has 2 saturated heterocycles. The van der Waals surface area contributed by atoms with E-state index >= 15 is 0 Å². The molecular weight excluding hydrogens is 352 g/mol. The second-order valence-electron chi connectivity index (χ2n) is 7.88. The van der Waals surface area contributed by atoms with Crippen molar-refractivity contribution in [3.8, 4) is 5.75 Å². The summed E-state index contributed by atoms with van der Waals surface area (Å²) in [7, 11) is 0. The van der Waals surface area contributed by atoms with Crippen LogP contribution >= 0.6 is 0 Å². The monoisotopic (exact) mass is 380 g/mol. The van der Waals surface area contributed by atoms with Crippen molar-refractivity contribution >= 4 is 11.7 Å². The predicted molar refractivity (Wildman–Crippen MR) is 109 cm³/mol. The Morgan fingerprint density at radius 1 is 1.14 bits per heavy atom. The van der Waals surface area contributed by atoms with Crippen molar-refractivity contribution in [1.29, 1.82) is 0 Å². The van der Waals surface area contributed by atoms with Gasteiger partial charge in [0.2, 0.25) is 5.91 Å². The van der Waals surface area contributed by atoms with E-state index in [1.165, 1.54) is 12.8 Å². The second kappa shape index (κ2) is 8.17. The SMILES string of the molecule is Cc1nc([C@@H]2CCCN(C(=O)Cc3ccccc3O)C2)cc(N2CCCC2)n1. The first-order valence-electron chi connectivity index (χ1n) is 10.3. The van der Waals surface area contributed by atoms with Crippen LogP contribution in [0.3, 0.4) is 0 Å². The molecule has 1 atom stereocenters. The minimum Gasteiger partial charge on any atom is -0.508 e. The standard InChI is InChI=1S/C22H28N4O2/c1-16-23-19(14-21(24-16)25-10-4-5-11-25)18-8-6-12-26(15-18)22(28)13-17-7-2-3-9-20(17)27/h2-3,7,9,14,18,27H,4-6,8,10-13,15H2,1H3/t18-/m1/s1. The summed E-state index contributed by atoms with van der Waals surface area (Å²) in [6.45, 7) is 5.53. The molecule has 0 radical (unpaired) electrons. The van der Waals surface area contributed by atoms with Crippen LogP contribution in [0.25, 0.3) is 0 Å². The van der Waals surface area contributed by atoms with Crippen LogP contribution in [0.5, 0.6) is 5.75 Å². The Hall–Kier alpha value is -2.63. The van der Waals surface area contributed by atoms with Gasteiger partial charge in [0.15, 0.2) is 0 Å². The number of para-hydroxylation sites is 1. The highest BCUT2D eigenvalue weighted by Gasteiger charge is 2.27. The maximum absolute atomic E-state index is 12.8. The van der Waals surface area contributed by atoms with Crippen molar-refractivity contribution in [2.45, 2.75) is 44.9 Å². The molecule has 148 valence electrons. The second-order valence-corrected chi connectivity index (χ2v) is 7.88. The molecule has 2 aromatic rings. The van der Waals surface area contributed by atoms with Gasteiger partial charge in [0.25, 0.3) is 0 Å². The Balaban J connectivity index is 1.47. The van der Waals surface area contributed by atoms with Gasteiger partial charge in [-0.25, -0.2) is 9.97 Å². The lowest BCUT2D eigenvalue weighted by molar-refractivity contribution is -0.131. The van der Waals surface area contributed by atoms with Crippen LogP contribution < -0.4 is 4.90 Å². The minimum atomic E-state index is 0.0664. The van der Waals surface area contributed by atoms with E-state index in [-0.39, 0.29) is 24.0 Å². The first-order chi connectivity index (χ1) is 13.6. The maximum Gasteiger partial charge on any atom is 0.227 e. The number of carbonyl (C=O) groups excluding carboxylic acids is 1. The highest BCUT2D eigenvalue weighted by molar-refractivity contribution is 5.79. The van der Waals surface area contributed by atoms with Crippen molar-refractivity contribution < 1.29 is 9.90 Å². The fourth-order valence-electron chi connectivity index (χ4n) is 4.27. The summed E-state index contributed by atoms with van der Waals surface area (Å²) in [4.78, 5) is 26.4. The number of rotatable bonds is 4. The number of benzene rings is 1. The number of amides is 1. The number of hydrogen-bond donors (Lipinski definition) is 1. The molecule has 2 aliphatic rings. The molecular formula is C22H28N4O2. The Morgan fingerprint density at radius 3 is 2.71 bits per heavy atom. The van der Waals surface area contributed by atoms with E-state index < -0.39 is 0 Å². The number of hydrogen-bond acceptors (Lipinski definition) is 5. The lowest BCUT2D eigenvalue weighted by Gasteiger charge is -2.33. The van der Waals surface area contributed by atoms with Crippen molar-refractivity contribution in [3.05, 3.63) is 47.4 Å². The van der Waals surface area contributed by atoms with E-state index in [4.69, 9.17) is 4.98 Å². The number of likely N-dealkylation sites (tertiary alicyclic amines) is 1. The first-order valence-corrected chi connectivity index (χ1v) is 10.3. The molecule has 0 bridgehead atoms. The molecule has 0 spiro atoms. The van der Waals surface area contributed by atoms with Gasteiger partial charge >= 0.3 is 0 Å². The Bertz CT molecular complexity index is 848. The zero-order chi connectivity index (χ0) is 19.5. The number of phenolic OH excluding ortho intramolecular Hbond substituents is 1. The average molecular weight is 380 g/mol. The quantitative estimate of drug-likeness (QED) is 0.883. The molecule has 2 aliphatic heterocycles. The summed E-state index contributed by atoms with van der Waals surface area (Å²) in [6.07, 6.45) is 4.68. The van der Waals surface area contributed by atoms with Gasteiger partial charge in [0, 0.05) is 43.7 Å². The Kier molecular flexibility index (Phi) is 5.46. The summed E-state index contributed by atoms with van der Waals surface area (Å²) in [5.41, 5.74) is 1.73. The van der Waals surface area contributed by atoms with E-state index in [0.717, 1.165) is 49.8 Å². The van der Waals surface area contributed by atoms with Crippen LogP contribution in [0.2, 0.25) is 0 Å². The summed E-state index contributed by atoms with van der Waals surface area (Å²) in [6, 6.07) is 9.19. The molecule has 0 unspecified atom stereocenters. The molecule has 6 nitrogen and oxygen atoms in total. The molecule has 0 saturated carbocycles. The number of phenols is 1. The maximum atomic E-state index is 12.8. The largest absolute Gasteiger partial charge is 0.508 e. The highest BCUT2D eigenvalue weighted by atomic mass is 16.3. The van der Waals surface area contributed by atoms with Crippen molar-refractivity contribution in [3.63, 3.8) is 0 Å². The van der Waals surface area contributed by atoms with Crippen molar-refractivity contribution in [1.82, 2.24) is 14.9 Å². The van der Waals surface area contributed by atoms with Gasteiger partial charge in [-0.15, -0.1) is 0 Å². The summed E-state index contributed by atoms with van der Waals surface area (Å²) >= 11 is 0. The minimum absolute atomic E-state index is 0.0664. The smallest absolute Gasteiger partial charge is 0.227 e. The van der Waals surface area contributed by atoms with Crippen LogP contribution in [0, 0.1) is 6.92 Å². The van der Waals surface area contributed by atoms with Crippen LogP contribution in [0.1, 0.15) is 48.7 Å². The van der Waals surface area contributed by atoms with Gasteiger partial charge in [0.05, 0.1) is 12.1 Å². The summed E-state index contributed by atoms with van der Waals surface area (Å²) in [5.74, 6) is 2.32. The number of anilines is 1. The van der Waals surface area contributed by atoms with E-state index in [0.29, 0.717) is 12.1 Å². The lowest BCUT2D eigenvalue weighted by Crippen LogP contribution is -2.40.